The van der Waals surface area contributed by atoms with Crippen molar-refractivity contribution in [3.63, 3.8) is 0 Å². The summed E-state index contributed by atoms with van der Waals surface area (Å²) in [4.78, 5) is 21.8. The summed E-state index contributed by atoms with van der Waals surface area (Å²) in [5.41, 5.74) is 4.20. The van der Waals surface area contributed by atoms with Gasteiger partial charge >= 0.3 is 6.18 Å². The minimum atomic E-state index is -4.37. The number of amides is 1. The molecule has 0 saturated carbocycles. The molecule has 0 unspecified atom stereocenters. The molecule has 43 heavy (non-hydrogen) atoms. The largest absolute Gasteiger partial charge is 0.416 e. The van der Waals surface area contributed by atoms with E-state index in [9.17, 15) is 18.0 Å². The second kappa shape index (κ2) is 13.7. The topological polar surface area (TPSA) is 41.4 Å². The van der Waals surface area contributed by atoms with Gasteiger partial charge in [0.05, 0.1) is 17.0 Å². The molecule has 226 valence electrons. The van der Waals surface area contributed by atoms with E-state index in [4.69, 9.17) is 4.98 Å². The fourth-order valence-corrected chi connectivity index (χ4v) is 6.58. The molecule has 0 aliphatic carbocycles. The summed E-state index contributed by atoms with van der Waals surface area (Å²) in [6, 6.07) is 26.3. The number of halogens is 3. The molecule has 1 aliphatic heterocycles. The Hall–Kier alpha value is -3.72. The van der Waals surface area contributed by atoms with Crippen molar-refractivity contribution in [1.29, 1.82) is 0 Å². The summed E-state index contributed by atoms with van der Waals surface area (Å²) in [5, 5.41) is 0.977. The molecular formula is C34H37F3N4OS. The molecule has 1 amide bonds. The van der Waals surface area contributed by atoms with Crippen molar-refractivity contribution in [3.05, 3.63) is 90.5 Å². The number of rotatable bonds is 10. The molecule has 0 N–H and O–H groups in total. The first kappa shape index (κ1) is 30.7. The number of imidazole rings is 1. The van der Waals surface area contributed by atoms with Crippen molar-refractivity contribution in [2.45, 2.75) is 50.5 Å². The molecule has 0 atom stereocenters. The van der Waals surface area contributed by atoms with Gasteiger partial charge in [-0.2, -0.15) is 13.2 Å². The number of anilines is 1. The number of hydrogen-bond acceptors (Lipinski definition) is 4. The van der Waals surface area contributed by atoms with Crippen LogP contribution in [-0.2, 0) is 11.0 Å². The Morgan fingerprint density at radius 2 is 1.51 bits per heavy atom. The molecule has 9 heteroatoms. The van der Waals surface area contributed by atoms with Crippen LogP contribution in [-0.4, -0.2) is 52.3 Å². The average molecular weight is 607 g/mol. The molecule has 1 fully saturated rings. The van der Waals surface area contributed by atoms with Gasteiger partial charge in [0.15, 0.2) is 5.16 Å². The molecule has 3 aromatic carbocycles. The van der Waals surface area contributed by atoms with E-state index in [1.807, 2.05) is 34.1 Å². The first-order chi connectivity index (χ1) is 20.7. The minimum absolute atomic E-state index is 0.107. The Labute approximate surface area is 255 Å². The quantitative estimate of drug-likeness (QED) is 0.134. The number of benzene rings is 3. The highest BCUT2D eigenvalue weighted by Crippen LogP contribution is 2.38. The van der Waals surface area contributed by atoms with Crippen LogP contribution in [0.5, 0.6) is 0 Å². The average Bonchev–Trinajstić information content (AvgIpc) is 3.41. The second-order valence-electron chi connectivity index (χ2n) is 11.0. The third kappa shape index (κ3) is 7.44. The van der Waals surface area contributed by atoms with Crippen molar-refractivity contribution in [3.8, 4) is 22.5 Å². The van der Waals surface area contributed by atoms with Crippen LogP contribution in [0.25, 0.3) is 22.5 Å². The number of alkyl halides is 3. The van der Waals surface area contributed by atoms with E-state index in [0.717, 1.165) is 52.3 Å². The van der Waals surface area contributed by atoms with Crippen molar-refractivity contribution in [2.24, 2.45) is 0 Å². The highest BCUT2D eigenvalue weighted by molar-refractivity contribution is 7.99. The van der Waals surface area contributed by atoms with Crippen LogP contribution in [0.1, 0.15) is 44.7 Å². The lowest BCUT2D eigenvalue weighted by Gasteiger charge is -2.36. The zero-order valence-electron chi connectivity index (χ0n) is 24.6. The van der Waals surface area contributed by atoms with E-state index in [1.165, 1.54) is 12.1 Å². The van der Waals surface area contributed by atoms with Gasteiger partial charge in [-0.25, -0.2) is 4.98 Å². The molecule has 2 heterocycles. The third-order valence-electron chi connectivity index (χ3n) is 7.68. The van der Waals surface area contributed by atoms with Gasteiger partial charge in [0, 0.05) is 61.2 Å². The van der Waals surface area contributed by atoms with Crippen LogP contribution in [0.3, 0.4) is 0 Å². The highest BCUT2D eigenvalue weighted by atomic mass is 32.2. The van der Waals surface area contributed by atoms with Gasteiger partial charge in [0.25, 0.3) is 0 Å². The van der Waals surface area contributed by atoms with Crippen molar-refractivity contribution < 1.29 is 18.0 Å². The normalized spacial score (nSPS) is 14.0. The van der Waals surface area contributed by atoms with Gasteiger partial charge < -0.3 is 14.4 Å². The van der Waals surface area contributed by atoms with E-state index in [2.05, 4.69) is 54.8 Å². The summed E-state index contributed by atoms with van der Waals surface area (Å²) in [7, 11) is 0. The van der Waals surface area contributed by atoms with E-state index < -0.39 is 11.7 Å². The zero-order chi connectivity index (χ0) is 30.4. The SMILES string of the molecule is CC(C)n1c(SCCCCC(=O)N2CCN(c3cccc(C(F)(F)F)c3)CC2)nc(-c2ccccc2)c1-c1ccccc1. The van der Waals surface area contributed by atoms with Crippen molar-refractivity contribution >= 4 is 23.4 Å². The summed E-state index contributed by atoms with van der Waals surface area (Å²) in [5.74, 6) is 0.957. The maximum atomic E-state index is 13.1. The van der Waals surface area contributed by atoms with Crippen molar-refractivity contribution in [2.75, 3.05) is 36.8 Å². The predicted molar refractivity (Wildman–Crippen MR) is 168 cm³/mol. The lowest BCUT2D eigenvalue weighted by molar-refractivity contribution is -0.137. The number of unbranched alkanes of at least 4 members (excludes halogenated alkanes) is 1. The smallest absolute Gasteiger partial charge is 0.368 e. The van der Waals surface area contributed by atoms with Gasteiger partial charge in [-0.15, -0.1) is 0 Å². The zero-order valence-corrected chi connectivity index (χ0v) is 25.4. The Kier molecular flexibility index (Phi) is 9.80. The van der Waals surface area contributed by atoms with Crippen LogP contribution < -0.4 is 4.90 Å². The van der Waals surface area contributed by atoms with Crippen LogP contribution in [0.2, 0.25) is 0 Å². The highest BCUT2D eigenvalue weighted by Gasteiger charge is 2.31. The van der Waals surface area contributed by atoms with E-state index in [1.54, 1.807) is 17.8 Å². The first-order valence-corrected chi connectivity index (χ1v) is 15.8. The molecular weight excluding hydrogens is 569 g/mol. The first-order valence-electron chi connectivity index (χ1n) is 14.8. The molecule has 5 nitrogen and oxygen atoms in total. The van der Waals surface area contributed by atoms with E-state index in [-0.39, 0.29) is 11.9 Å². The predicted octanol–water partition coefficient (Wildman–Crippen LogP) is 8.43. The number of carbonyl (C=O) groups is 1. The molecule has 0 radical (unpaired) electrons. The van der Waals surface area contributed by atoms with E-state index >= 15 is 0 Å². The number of thioether (sulfide) groups is 1. The number of piperazine rings is 1. The Morgan fingerprint density at radius 1 is 0.860 bits per heavy atom. The van der Waals surface area contributed by atoms with Gasteiger partial charge in [0.2, 0.25) is 5.91 Å². The van der Waals surface area contributed by atoms with Crippen LogP contribution >= 0.6 is 11.8 Å². The molecule has 0 bridgehead atoms. The molecule has 1 aliphatic rings. The van der Waals surface area contributed by atoms with Crippen LogP contribution in [0, 0.1) is 0 Å². The van der Waals surface area contributed by atoms with Gasteiger partial charge in [-0.05, 0) is 44.9 Å². The van der Waals surface area contributed by atoms with Gasteiger partial charge in [-0.1, -0.05) is 78.5 Å². The van der Waals surface area contributed by atoms with E-state index in [0.29, 0.717) is 38.3 Å². The maximum absolute atomic E-state index is 13.1. The molecule has 1 saturated heterocycles. The molecule has 1 aromatic heterocycles. The Balaban J connectivity index is 1.16. The molecule has 0 spiro atoms. The number of carbonyl (C=O) groups excluding carboxylic acids is 1. The van der Waals surface area contributed by atoms with Crippen LogP contribution in [0.15, 0.2) is 90.1 Å². The Morgan fingerprint density at radius 3 is 2.14 bits per heavy atom. The maximum Gasteiger partial charge on any atom is 0.416 e. The van der Waals surface area contributed by atoms with Gasteiger partial charge in [0.1, 0.15) is 0 Å². The van der Waals surface area contributed by atoms with Crippen LogP contribution in [0.4, 0.5) is 18.9 Å². The lowest BCUT2D eigenvalue weighted by atomic mass is 10.0. The molecule has 4 aromatic rings. The molecule has 5 rings (SSSR count). The number of hydrogen-bond donors (Lipinski definition) is 0. The fourth-order valence-electron chi connectivity index (χ4n) is 5.46. The minimum Gasteiger partial charge on any atom is -0.368 e. The number of nitrogens with zero attached hydrogens (tertiary/aromatic N) is 4. The summed E-state index contributed by atoms with van der Waals surface area (Å²) in [6.07, 6.45) is -2.24. The summed E-state index contributed by atoms with van der Waals surface area (Å²) < 4.78 is 41.6. The summed E-state index contributed by atoms with van der Waals surface area (Å²) >= 11 is 1.73. The third-order valence-corrected chi connectivity index (χ3v) is 8.72. The van der Waals surface area contributed by atoms with Gasteiger partial charge in [-0.3, -0.25) is 4.79 Å². The second-order valence-corrected chi connectivity index (χ2v) is 12.1. The van der Waals surface area contributed by atoms with Crippen molar-refractivity contribution in [1.82, 2.24) is 14.5 Å². The monoisotopic (exact) mass is 606 g/mol. The Bertz CT molecular complexity index is 1500. The summed E-state index contributed by atoms with van der Waals surface area (Å²) in [6.45, 7) is 6.43. The fraction of sp³-hybridized carbons (Fsp3) is 0.353. The number of aromatic nitrogens is 2. The lowest BCUT2D eigenvalue weighted by Crippen LogP contribution is -2.48. The standard InChI is InChI=1S/C34H37F3N4OS/c1-25(2)41-32(27-14-7-4-8-15-27)31(26-12-5-3-6-13-26)38-33(41)43-23-10-9-18-30(42)40-21-19-39(20-22-40)29-17-11-16-28(24-29)34(35,36)37/h3-8,11-17,24-25H,9-10,18-23H2,1-2H3.